The third-order valence-electron chi connectivity index (χ3n) is 3.59. The largest absolute Gasteiger partial charge is 0.455 e. The van der Waals surface area contributed by atoms with Gasteiger partial charge in [0.1, 0.15) is 17.6 Å². The number of nitrogens with zero attached hydrogens (tertiary/aromatic N) is 3. The summed E-state index contributed by atoms with van der Waals surface area (Å²) in [5.74, 6) is 1.85. The molecule has 0 aliphatic rings. The van der Waals surface area contributed by atoms with E-state index in [0.29, 0.717) is 35.5 Å². The second-order valence-corrected chi connectivity index (χ2v) is 6.39. The molecule has 26 heavy (non-hydrogen) atoms. The molecule has 0 bridgehead atoms. The first-order chi connectivity index (χ1) is 12.8. The number of nitrogens with one attached hydrogen (secondary N) is 2. The van der Waals surface area contributed by atoms with Crippen LogP contribution in [-0.4, -0.2) is 32.6 Å². The Bertz CT molecular complexity index is 975. The Morgan fingerprint density at radius 3 is 2.96 bits per heavy atom. The normalized spacial score (nSPS) is 11.1. The molecule has 0 atom stereocenters. The summed E-state index contributed by atoms with van der Waals surface area (Å²) < 4.78 is 11.2. The SMILES string of the molecule is O=C(NCCc1nc2ccccc2o1)c1ccc(CSc2ncn[nH]2)o1. The van der Waals surface area contributed by atoms with E-state index >= 15 is 0 Å². The zero-order valence-electron chi connectivity index (χ0n) is 13.6. The quantitative estimate of drug-likeness (QED) is 0.482. The lowest BCUT2D eigenvalue weighted by molar-refractivity contribution is 0.0924. The topological polar surface area (TPSA) is 110 Å². The molecular weight excluding hydrogens is 354 g/mol. The highest BCUT2D eigenvalue weighted by Crippen LogP contribution is 2.20. The number of oxazole rings is 1. The second-order valence-electron chi connectivity index (χ2n) is 5.43. The maximum Gasteiger partial charge on any atom is 0.287 e. The van der Waals surface area contributed by atoms with Gasteiger partial charge in [0, 0.05) is 13.0 Å². The van der Waals surface area contributed by atoms with Gasteiger partial charge in [-0.1, -0.05) is 23.9 Å². The zero-order valence-corrected chi connectivity index (χ0v) is 14.5. The van der Waals surface area contributed by atoms with Crippen molar-refractivity contribution in [3.05, 3.63) is 60.1 Å². The van der Waals surface area contributed by atoms with Gasteiger partial charge < -0.3 is 14.2 Å². The molecule has 3 heterocycles. The Labute approximate surface area is 152 Å². The molecule has 9 heteroatoms. The van der Waals surface area contributed by atoms with Crippen molar-refractivity contribution in [2.24, 2.45) is 0 Å². The Balaban J connectivity index is 1.28. The number of thioether (sulfide) groups is 1. The molecule has 4 aromatic rings. The predicted octanol–water partition coefficient (Wildman–Crippen LogP) is 2.80. The van der Waals surface area contributed by atoms with Crippen LogP contribution in [0.25, 0.3) is 11.1 Å². The minimum absolute atomic E-state index is 0.267. The molecule has 1 aromatic carbocycles. The van der Waals surface area contributed by atoms with Crippen LogP contribution in [0.1, 0.15) is 22.2 Å². The van der Waals surface area contributed by atoms with E-state index in [2.05, 4.69) is 25.5 Å². The molecule has 0 unspecified atom stereocenters. The number of amides is 1. The molecule has 132 valence electrons. The molecule has 0 saturated heterocycles. The van der Waals surface area contributed by atoms with E-state index in [1.807, 2.05) is 24.3 Å². The van der Waals surface area contributed by atoms with E-state index in [-0.39, 0.29) is 11.7 Å². The highest BCUT2D eigenvalue weighted by molar-refractivity contribution is 7.98. The number of aromatic amines is 1. The van der Waals surface area contributed by atoms with Crippen molar-refractivity contribution < 1.29 is 13.6 Å². The van der Waals surface area contributed by atoms with Crippen LogP contribution in [0.3, 0.4) is 0 Å². The first kappa shape index (κ1) is 16.4. The summed E-state index contributed by atoms with van der Waals surface area (Å²) in [6, 6.07) is 11.0. The summed E-state index contributed by atoms with van der Waals surface area (Å²) in [7, 11) is 0. The Morgan fingerprint density at radius 1 is 1.19 bits per heavy atom. The summed E-state index contributed by atoms with van der Waals surface area (Å²) in [5.41, 5.74) is 1.56. The van der Waals surface area contributed by atoms with E-state index in [4.69, 9.17) is 8.83 Å². The first-order valence-electron chi connectivity index (χ1n) is 7.97. The molecule has 3 aromatic heterocycles. The number of benzene rings is 1. The molecule has 0 aliphatic heterocycles. The van der Waals surface area contributed by atoms with Crippen LogP contribution < -0.4 is 5.32 Å². The van der Waals surface area contributed by atoms with Crippen LogP contribution in [0, 0.1) is 0 Å². The van der Waals surface area contributed by atoms with Crippen molar-refractivity contribution in [2.75, 3.05) is 6.54 Å². The van der Waals surface area contributed by atoms with Gasteiger partial charge in [-0.15, -0.1) is 0 Å². The van der Waals surface area contributed by atoms with E-state index in [9.17, 15) is 4.79 Å². The number of hydrogen-bond donors (Lipinski definition) is 2. The standard InChI is InChI=1S/C17H15N5O3S/c23-16(14-6-5-11(24-14)9-26-17-19-10-20-22-17)18-8-7-15-21-12-3-1-2-4-13(12)25-15/h1-6,10H,7-9H2,(H,18,23)(H,19,20,22). The smallest absolute Gasteiger partial charge is 0.287 e. The number of hydrogen-bond acceptors (Lipinski definition) is 7. The van der Waals surface area contributed by atoms with Crippen molar-refractivity contribution in [3.8, 4) is 0 Å². The Hall–Kier alpha value is -3.07. The van der Waals surface area contributed by atoms with E-state index in [1.165, 1.54) is 18.1 Å². The minimum Gasteiger partial charge on any atom is -0.455 e. The number of carbonyl (C=O) groups excluding carboxylic acids is 1. The summed E-state index contributed by atoms with van der Waals surface area (Å²) in [4.78, 5) is 20.6. The maximum absolute atomic E-state index is 12.2. The van der Waals surface area contributed by atoms with Crippen LogP contribution in [0.15, 0.2) is 56.7 Å². The highest BCUT2D eigenvalue weighted by atomic mass is 32.2. The van der Waals surface area contributed by atoms with Gasteiger partial charge in [-0.25, -0.2) is 9.97 Å². The lowest BCUT2D eigenvalue weighted by Gasteiger charge is -2.00. The third kappa shape index (κ3) is 3.77. The Morgan fingerprint density at radius 2 is 2.12 bits per heavy atom. The number of para-hydroxylation sites is 2. The fraction of sp³-hybridized carbons (Fsp3) is 0.176. The van der Waals surface area contributed by atoms with E-state index < -0.39 is 0 Å². The van der Waals surface area contributed by atoms with E-state index in [0.717, 1.165) is 11.1 Å². The number of carbonyl (C=O) groups is 1. The van der Waals surface area contributed by atoms with Crippen LogP contribution in [0.5, 0.6) is 0 Å². The predicted molar refractivity (Wildman–Crippen MR) is 94.7 cm³/mol. The van der Waals surface area contributed by atoms with Gasteiger partial charge >= 0.3 is 0 Å². The summed E-state index contributed by atoms with van der Waals surface area (Å²) >= 11 is 1.45. The average molecular weight is 369 g/mol. The van der Waals surface area contributed by atoms with Crippen LogP contribution in [-0.2, 0) is 12.2 Å². The molecule has 0 radical (unpaired) electrons. The van der Waals surface area contributed by atoms with Crippen molar-refractivity contribution in [2.45, 2.75) is 17.3 Å². The van der Waals surface area contributed by atoms with E-state index in [1.54, 1.807) is 12.1 Å². The molecule has 2 N–H and O–H groups in total. The molecule has 0 fully saturated rings. The summed E-state index contributed by atoms with van der Waals surface area (Å²) in [5, 5.41) is 10.0. The number of H-pyrrole nitrogens is 1. The molecule has 0 spiro atoms. The highest BCUT2D eigenvalue weighted by Gasteiger charge is 2.12. The van der Waals surface area contributed by atoms with Crippen LogP contribution in [0.2, 0.25) is 0 Å². The Kier molecular flexibility index (Phi) is 4.69. The average Bonchev–Trinajstić information content (AvgIpc) is 3.39. The van der Waals surface area contributed by atoms with Gasteiger partial charge in [-0.2, -0.15) is 5.10 Å². The van der Waals surface area contributed by atoms with Gasteiger partial charge in [0.2, 0.25) is 0 Å². The van der Waals surface area contributed by atoms with Crippen molar-refractivity contribution in [1.82, 2.24) is 25.5 Å². The molecule has 0 aliphatic carbocycles. The van der Waals surface area contributed by atoms with Crippen LogP contribution in [0.4, 0.5) is 0 Å². The first-order valence-corrected chi connectivity index (χ1v) is 8.96. The lowest BCUT2D eigenvalue weighted by Crippen LogP contribution is -2.25. The minimum atomic E-state index is -0.267. The summed E-state index contributed by atoms with van der Waals surface area (Å²) in [6.07, 6.45) is 1.95. The number of aromatic nitrogens is 4. The number of fused-ring (bicyclic) bond motifs is 1. The lowest BCUT2D eigenvalue weighted by atomic mass is 10.3. The number of furan rings is 1. The maximum atomic E-state index is 12.2. The fourth-order valence-corrected chi connectivity index (χ4v) is 3.05. The monoisotopic (exact) mass is 369 g/mol. The van der Waals surface area contributed by atoms with Crippen molar-refractivity contribution >= 4 is 28.8 Å². The number of rotatable bonds is 7. The molecule has 8 nitrogen and oxygen atoms in total. The van der Waals surface area contributed by atoms with Crippen LogP contribution >= 0.6 is 11.8 Å². The van der Waals surface area contributed by atoms with Gasteiger partial charge in [-0.3, -0.25) is 9.89 Å². The van der Waals surface area contributed by atoms with Gasteiger partial charge in [-0.05, 0) is 24.3 Å². The fourth-order valence-electron chi connectivity index (χ4n) is 2.38. The summed E-state index contributed by atoms with van der Waals surface area (Å²) in [6.45, 7) is 0.411. The van der Waals surface area contributed by atoms with Crippen molar-refractivity contribution in [3.63, 3.8) is 0 Å². The van der Waals surface area contributed by atoms with Crippen molar-refractivity contribution in [1.29, 1.82) is 0 Å². The molecule has 0 saturated carbocycles. The molecule has 1 amide bonds. The van der Waals surface area contributed by atoms with Gasteiger partial charge in [0.25, 0.3) is 5.91 Å². The third-order valence-corrected chi connectivity index (χ3v) is 4.49. The molecule has 4 rings (SSSR count). The molecular formula is C17H15N5O3S. The van der Waals surface area contributed by atoms with Gasteiger partial charge in [0.05, 0.1) is 5.75 Å². The van der Waals surface area contributed by atoms with Gasteiger partial charge in [0.15, 0.2) is 22.4 Å². The second kappa shape index (κ2) is 7.44. The zero-order chi connectivity index (χ0) is 17.8.